The molecule has 0 aromatic heterocycles. The predicted molar refractivity (Wildman–Crippen MR) is 63.9 cm³/mol. The summed E-state index contributed by atoms with van der Waals surface area (Å²) in [5, 5.41) is 8.65. The number of rotatable bonds is 7. The Hall–Kier alpha value is -0.610. The molecule has 0 aliphatic carbocycles. The Morgan fingerprint density at radius 3 is 2.75 bits per heavy atom. The van der Waals surface area contributed by atoms with Crippen molar-refractivity contribution < 1.29 is 9.90 Å². The van der Waals surface area contributed by atoms with E-state index in [-0.39, 0.29) is 11.8 Å². The Morgan fingerprint density at radius 2 is 2.06 bits per heavy atom. The van der Waals surface area contributed by atoms with Crippen LogP contribution in [0.2, 0.25) is 0 Å². The fraction of sp³-hybridized carbons (Fsp3) is 0.917. The number of piperidine rings is 1. The van der Waals surface area contributed by atoms with E-state index >= 15 is 0 Å². The van der Waals surface area contributed by atoms with Gasteiger partial charge in [0.15, 0.2) is 0 Å². The van der Waals surface area contributed by atoms with Crippen molar-refractivity contribution in [1.82, 2.24) is 4.90 Å². The lowest BCUT2D eigenvalue weighted by molar-refractivity contribution is -0.123. The monoisotopic (exact) mass is 228 g/mol. The van der Waals surface area contributed by atoms with Crippen molar-refractivity contribution in [2.75, 3.05) is 26.2 Å². The highest BCUT2D eigenvalue weighted by Crippen LogP contribution is 2.16. The second-order valence-corrected chi connectivity index (χ2v) is 4.68. The fourth-order valence-corrected chi connectivity index (χ4v) is 2.29. The van der Waals surface area contributed by atoms with Crippen molar-refractivity contribution in [3.05, 3.63) is 0 Å². The van der Waals surface area contributed by atoms with Gasteiger partial charge in [0, 0.05) is 13.2 Å². The lowest BCUT2D eigenvalue weighted by atomic mass is 9.97. The van der Waals surface area contributed by atoms with Crippen LogP contribution in [0.15, 0.2) is 0 Å². The molecule has 94 valence electrons. The van der Waals surface area contributed by atoms with Crippen molar-refractivity contribution in [2.24, 2.45) is 11.7 Å². The van der Waals surface area contributed by atoms with Crippen LogP contribution in [0, 0.1) is 5.92 Å². The molecular weight excluding hydrogens is 204 g/mol. The van der Waals surface area contributed by atoms with Crippen LogP contribution in [0.1, 0.15) is 38.5 Å². The lowest BCUT2D eigenvalue weighted by Gasteiger charge is -2.31. The molecule has 1 aliphatic rings. The van der Waals surface area contributed by atoms with Crippen LogP contribution < -0.4 is 5.73 Å². The molecule has 1 rings (SSSR count). The zero-order valence-corrected chi connectivity index (χ0v) is 10.0. The molecule has 0 aromatic rings. The Balaban J connectivity index is 2.10. The van der Waals surface area contributed by atoms with Crippen LogP contribution in [0.3, 0.4) is 0 Å². The number of hydrogen-bond acceptors (Lipinski definition) is 3. The number of hydrogen-bond donors (Lipinski definition) is 2. The summed E-state index contributed by atoms with van der Waals surface area (Å²) in [6.45, 7) is 3.31. The summed E-state index contributed by atoms with van der Waals surface area (Å²) in [6, 6.07) is 0. The average Bonchev–Trinajstić information content (AvgIpc) is 2.29. The Morgan fingerprint density at radius 1 is 1.31 bits per heavy atom. The van der Waals surface area contributed by atoms with Crippen LogP contribution in [-0.4, -0.2) is 42.2 Å². The molecule has 1 amide bonds. The molecule has 1 saturated heterocycles. The van der Waals surface area contributed by atoms with Crippen molar-refractivity contribution in [2.45, 2.75) is 38.5 Å². The summed E-state index contributed by atoms with van der Waals surface area (Å²) >= 11 is 0. The number of aliphatic hydroxyl groups is 1. The molecule has 4 heteroatoms. The third kappa shape index (κ3) is 4.94. The van der Waals surface area contributed by atoms with Gasteiger partial charge in [0.2, 0.25) is 5.91 Å². The topological polar surface area (TPSA) is 66.6 Å². The van der Waals surface area contributed by atoms with Gasteiger partial charge in [0.1, 0.15) is 0 Å². The highest BCUT2D eigenvalue weighted by Gasteiger charge is 2.23. The molecule has 0 spiro atoms. The van der Waals surface area contributed by atoms with E-state index in [1.165, 1.54) is 0 Å². The number of primary amides is 1. The predicted octanol–water partition coefficient (Wildman–Crippen LogP) is 0.736. The molecule has 16 heavy (non-hydrogen) atoms. The Kier molecular flexibility index (Phi) is 6.42. The third-order valence-electron chi connectivity index (χ3n) is 3.29. The summed E-state index contributed by atoms with van der Waals surface area (Å²) in [6.07, 6.45) is 6.37. The highest BCUT2D eigenvalue weighted by molar-refractivity contribution is 5.76. The fourth-order valence-electron chi connectivity index (χ4n) is 2.29. The quantitative estimate of drug-likeness (QED) is 0.631. The molecular formula is C12H24N2O2. The van der Waals surface area contributed by atoms with Gasteiger partial charge in [0.25, 0.3) is 0 Å². The van der Waals surface area contributed by atoms with E-state index in [9.17, 15) is 4.79 Å². The third-order valence-corrected chi connectivity index (χ3v) is 3.29. The molecule has 4 nitrogen and oxygen atoms in total. The van der Waals surface area contributed by atoms with Crippen LogP contribution in [0.25, 0.3) is 0 Å². The number of unbranched alkanes of at least 4 members (excludes halogenated alkanes) is 3. The van der Waals surface area contributed by atoms with Crippen molar-refractivity contribution in [3.63, 3.8) is 0 Å². The zero-order chi connectivity index (χ0) is 11.8. The Bertz CT molecular complexity index is 209. The first-order valence-electron chi connectivity index (χ1n) is 6.36. The van der Waals surface area contributed by atoms with Gasteiger partial charge in [0.05, 0.1) is 5.92 Å². The first-order chi connectivity index (χ1) is 7.74. The number of carbonyl (C=O) groups excluding carboxylic acids is 1. The smallest absolute Gasteiger partial charge is 0.221 e. The maximum Gasteiger partial charge on any atom is 0.221 e. The van der Waals surface area contributed by atoms with Gasteiger partial charge in [-0.3, -0.25) is 4.79 Å². The molecule has 1 aliphatic heterocycles. The minimum Gasteiger partial charge on any atom is -0.396 e. The first-order valence-corrected chi connectivity index (χ1v) is 6.36. The van der Waals surface area contributed by atoms with E-state index in [2.05, 4.69) is 4.90 Å². The van der Waals surface area contributed by atoms with Gasteiger partial charge in [-0.15, -0.1) is 0 Å². The number of nitrogens with two attached hydrogens (primary N) is 1. The molecule has 1 atom stereocenters. The number of nitrogens with zero attached hydrogens (tertiary/aromatic N) is 1. The number of aliphatic hydroxyl groups excluding tert-OH is 1. The highest BCUT2D eigenvalue weighted by atomic mass is 16.2. The summed E-state index contributed by atoms with van der Waals surface area (Å²) in [4.78, 5) is 13.4. The molecule has 1 heterocycles. The largest absolute Gasteiger partial charge is 0.396 e. The first kappa shape index (κ1) is 13.5. The van der Waals surface area contributed by atoms with E-state index in [0.717, 1.165) is 58.2 Å². The minimum atomic E-state index is -0.148. The normalized spacial score (nSPS) is 22.2. The standard InChI is InChI=1S/C12H24N2O2/c13-12(16)11-6-5-8-14(10-11)7-3-1-2-4-9-15/h11,15H,1-10H2,(H2,13,16). The van der Waals surface area contributed by atoms with Crippen LogP contribution in [0.4, 0.5) is 0 Å². The van der Waals surface area contributed by atoms with E-state index in [0.29, 0.717) is 6.61 Å². The summed E-state index contributed by atoms with van der Waals surface area (Å²) in [5.74, 6) is -0.0869. The van der Waals surface area contributed by atoms with Gasteiger partial charge >= 0.3 is 0 Å². The molecule has 3 N–H and O–H groups in total. The number of amides is 1. The lowest BCUT2D eigenvalue weighted by Crippen LogP contribution is -2.41. The van der Waals surface area contributed by atoms with Crippen LogP contribution in [0.5, 0.6) is 0 Å². The maximum absolute atomic E-state index is 11.1. The van der Waals surface area contributed by atoms with Crippen LogP contribution >= 0.6 is 0 Å². The maximum atomic E-state index is 11.1. The Labute approximate surface area is 97.8 Å². The molecule has 1 fully saturated rings. The van der Waals surface area contributed by atoms with E-state index in [4.69, 9.17) is 10.8 Å². The second kappa shape index (κ2) is 7.63. The van der Waals surface area contributed by atoms with Gasteiger partial charge in [-0.05, 0) is 38.8 Å². The molecule has 0 bridgehead atoms. The second-order valence-electron chi connectivity index (χ2n) is 4.68. The SMILES string of the molecule is NC(=O)C1CCCN(CCCCCCO)C1. The van der Waals surface area contributed by atoms with Crippen molar-refractivity contribution in [3.8, 4) is 0 Å². The summed E-state index contributed by atoms with van der Waals surface area (Å²) in [5.41, 5.74) is 5.33. The molecule has 0 radical (unpaired) electrons. The van der Waals surface area contributed by atoms with Gasteiger partial charge in [-0.2, -0.15) is 0 Å². The van der Waals surface area contributed by atoms with Crippen LogP contribution in [-0.2, 0) is 4.79 Å². The van der Waals surface area contributed by atoms with E-state index in [1.807, 2.05) is 0 Å². The zero-order valence-electron chi connectivity index (χ0n) is 10.0. The van der Waals surface area contributed by atoms with Gasteiger partial charge < -0.3 is 15.7 Å². The van der Waals surface area contributed by atoms with E-state index in [1.54, 1.807) is 0 Å². The van der Waals surface area contributed by atoms with Crippen molar-refractivity contribution in [1.29, 1.82) is 0 Å². The van der Waals surface area contributed by atoms with Gasteiger partial charge in [-0.1, -0.05) is 12.8 Å². The summed E-state index contributed by atoms with van der Waals surface area (Å²) in [7, 11) is 0. The van der Waals surface area contributed by atoms with E-state index < -0.39 is 0 Å². The number of likely N-dealkylation sites (tertiary alicyclic amines) is 1. The molecule has 0 aromatic carbocycles. The summed E-state index contributed by atoms with van der Waals surface area (Å²) < 4.78 is 0. The number of carbonyl (C=O) groups is 1. The van der Waals surface area contributed by atoms with Crippen molar-refractivity contribution >= 4 is 5.91 Å². The molecule has 1 unspecified atom stereocenters. The molecule has 0 saturated carbocycles. The van der Waals surface area contributed by atoms with Gasteiger partial charge in [-0.25, -0.2) is 0 Å². The average molecular weight is 228 g/mol. The minimum absolute atomic E-state index is 0.0613.